The van der Waals surface area contributed by atoms with Crippen LogP contribution < -0.4 is 10.5 Å². The van der Waals surface area contributed by atoms with E-state index in [1.165, 1.54) is 43.6 Å². The zero-order valence-corrected chi connectivity index (χ0v) is 23.1. The van der Waals surface area contributed by atoms with Crippen LogP contribution in [0, 0.1) is 0 Å². The number of ether oxygens (including phenoxy) is 1. The molecule has 0 saturated carbocycles. The third kappa shape index (κ3) is 5.41. The van der Waals surface area contributed by atoms with Gasteiger partial charge in [-0.1, -0.05) is 103 Å². The number of fused-ring (bicyclic) bond motifs is 6. The fourth-order valence-corrected chi connectivity index (χ4v) is 5.88. The fraction of sp³-hybridized carbons (Fsp3) is 0.167. The van der Waals surface area contributed by atoms with Crippen LogP contribution in [-0.2, 0) is 19.3 Å². The summed E-state index contributed by atoms with van der Waals surface area (Å²) in [4.78, 5) is 0. The molecule has 1 unspecified atom stereocenters. The Kier molecular flexibility index (Phi) is 7.70. The Labute approximate surface area is 239 Å². The summed E-state index contributed by atoms with van der Waals surface area (Å²) in [5, 5.41) is 16.7. The lowest BCUT2D eigenvalue weighted by molar-refractivity contribution is 0.299. The molecule has 0 bridgehead atoms. The summed E-state index contributed by atoms with van der Waals surface area (Å²) in [5.41, 5.74) is 10.2. The maximum absolute atomic E-state index is 8.79. The number of nitrogens with two attached hydrogens (primary N) is 1. The number of para-hydroxylation sites is 1. The van der Waals surface area contributed by atoms with E-state index in [2.05, 4.69) is 66.7 Å². The molecule has 0 amide bonds. The summed E-state index contributed by atoms with van der Waals surface area (Å²) in [5.74, 6) is 1.52. The van der Waals surface area contributed by atoms with Crippen LogP contribution >= 0.6 is 11.6 Å². The number of hydrogen-bond donors (Lipinski definition) is 2. The molecule has 3 N–H and O–H groups in total. The van der Waals surface area contributed by atoms with Gasteiger partial charge in [0.05, 0.1) is 5.02 Å². The average Bonchev–Trinajstić information content (AvgIpc) is 2.98. The van der Waals surface area contributed by atoms with E-state index in [1.54, 1.807) is 0 Å². The van der Waals surface area contributed by atoms with Gasteiger partial charge in [-0.15, -0.1) is 0 Å². The summed E-state index contributed by atoms with van der Waals surface area (Å²) in [6.45, 7) is 0.221. The Morgan fingerprint density at radius 1 is 0.725 bits per heavy atom. The molecule has 6 aromatic carbocycles. The Balaban J connectivity index is 0.000000187. The molecule has 1 atom stereocenters. The predicted molar refractivity (Wildman–Crippen MR) is 168 cm³/mol. The van der Waals surface area contributed by atoms with E-state index in [1.807, 2.05) is 42.5 Å². The van der Waals surface area contributed by atoms with Crippen molar-refractivity contribution in [1.82, 2.24) is 0 Å². The van der Waals surface area contributed by atoms with Crippen LogP contribution in [0.3, 0.4) is 0 Å². The molecule has 0 radical (unpaired) electrons. The van der Waals surface area contributed by atoms with Crippen molar-refractivity contribution in [2.45, 2.75) is 31.7 Å². The Hall–Kier alpha value is -3.89. The molecule has 7 rings (SSSR count). The minimum atomic E-state index is 0.221. The van der Waals surface area contributed by atoms with Crippen LogP contribution in [0.25, 0.3) is 32.3 Å². The maximum atomic E-state index is 8.79. The minimum Gasteiger partial charge on any atom is -0.455 e. The van der Waals surface area contributed by atoms with Gasteiger partial charge in [0.15, 0.2) is 0 Å². The molecule has 0 spiro atoms. The van der Waals surface area contributed by atoms with E-state index < -0.39 is 0 Å². The molecule has 4 heteroatoms. The van der Waals surface area contributed by atoms with Crippen molar-refractivity contribution >= 4 is 43.9 Å². The molecule has 0 saturated heterocycles. The van der Waals surface area contributed by atoms with Crippen molar-refractivity contribution in [2.75, 3.05) is 6.61 Å². The van der Waals surface area contributed by atoms with E-state index in [0.29, 0.717) is 10.8 Å². The smallest absolute Gasteiger partial charge is 0.146 e. The zero-order valence-electron chi connectivity index (χ0n) is 22.3. The van der Waals surface area contributed by atoms with E-state index in [9.17, 15) is 0 Å². The quantitative estimate of drug-likeness (QED) is 0.218. The lowest BCUT2D eigenvalue weighted by atomic mass is 9.84. The summed E-state index contributed by atoms with van der Waals surface area (Å²) in [6.07, 6.45) is 3.72. The van der Waals surface area contributed by atoms with E-state index in [4.69, 9.17) is 27.2 Å². The number of aryl methyl sites for hydroxylation is 1. The first-order chi connectivity index (χ1) is 19.6. The highest BCUT2D eigenvalue weighted by molar-refractivity contribution is 6.32. The van der Waals surface area contributed by atoms with Crippen LogP contribution in [0.2, 0.25) is 5.02 Å². The van der Waals surface area contributed by atoms with Gasteiger partial charge in [0.1, 0.15) is 11.5 Å². The lowest BCUT2D eigenvalue weighted by Crippen LogP contribution is -2.27. The summed E-state index contributed by atoms with van der Waals surface area (Å²) in [7, 11) is 0. The highest BCUT2D eigenvalue weighted by atomic mass is 35.5. The molecule has 200 valence electrons. The van der Waals surface area contributed by atoms with Crippen LogP contribution in [0.4, 0.5) is 0 Å². The van der Waals surface area contributed by atoms with Gasteiger partial charge in [-0.05, 0) is 87.5 Å². The molecule has 1 aliphatic carbocycles. The van der Waals surface area contributed by atoms with E-state index in [-0.39, 0.29) is 12.6 Å². The number of halogens is 1. The van der Waals surface area contributed by atoms with Gasteiger partial charge < -0.3 is 15.6 Å². The number of aliphatic hydroxyl groups is 1. The molecule has 40 heavy (non-hydrogen) atoms. The summed E-state index contributed by atoms with van der Waals surface area (Å²) < 4.78 is 6.29. The Morgan fingerprint density at radius 2 is 1.45 bits per heavy atom. The van der Waals surface area contributed by atoms with Crippen LogP contribution in [0.15, 0.2) is 109 Å². The largest absolute Gasteiger partial charge is 0.455 e. The highest BCUT2D eigenvalue weighted by Gasteiger charge is 2.20. The number of benzene rings is 6. The first kappa shape index (κ1) is 26.3. The van der Waals surface area contributed by atoms with Gasteiger partial charge >= 0.3 is 0 Å². The Morgan fingerprint density at radius 3 is 2.27 bits per heavy atom. The molecule has 0 heterocycles. The van der Waals surface area contributed by atoms with Crippen molar-refractivity contribution in [1.29, 1.82) is 0 Å². The van der Waals surface area contributed by atoms with Crippen LogP contribution in [0.1, 0.15) is 23.1 Å². The van der Waals surface area contributed by atoms with Gasteiger partial charge in [-0.2, -0.15) is 0 Å². The lowest BCUT2D eigenvalue weighted by Gasteiger charge is -2.24. The van der Waals surface area contributed by atoms with Gasteiger partial charge in [0.2, 0.25) is 0 Å². The molecular formula is C36H32ClNO2. The van der Waals surface area contributed by atoms with Crippen molar-refractivity contribution in [3.63, 3.8) is 0 Å². The topological polar surface area (TPSA) is 55.5 Å². The van der Waals surface area contributed by atoms with Crippen molar-refractivity contribution in [3.05, 3.63) is 131 Å². The summed E-state index contributed by atoms with van der Waals surface area (Å²) in [6, 6.07) is 37.5. The molecule has 0 fully saturated rings. The van der Waals surface area contributed by atoms with E-state index in [0.717, 1.165) is 36.8 Å². The van der Waals surface area contributed by atoms with Crippen molar-refractivity contribution in [2.24, 2.45) is 5.73 Å². The molecular weight excluding hydrogens is 514 g/mol. The second-order valence-electron chi connectivity index (χ2n) is 10.4. The monoisotopic (exact) mass is 545 g/mol. The fourth-order valence-electron chi connectivity index (χ4n) is 5.71. The van der Waals surface area contributed by atoms with Gasteiger partial charge in [-0.3, -0.25) is 0 Å². The van der Waals surface area contributed by atoms with E-state index >= 15 is 0 Å². The third-order valence-corrected chi connectivity index (χ3v) is 8.04. The molecule has 0 aromatic heterocycles. The van der Waals surface area contributed by atoms with Crippen molar-refractivity contribution < 1.29 is 9.84 Å². The summed E-state index contributed by atoms with van der Waals surface area (Å²) >= 11 is 6.34. The van der Waals surface area contributed by atoms with Crippen molar-refractivity contribution in [3.8, 4) is 11.5 Å². The molecule has 1 aliphatic rings. The second kappa shape index (κ2) is 11.7. The average molecular weight is 546 g/mol. The van der Waals surface area contributed by atoms with Crippen LogP contribution in [-0.4, -0.2) is 17.8 Å². The zero-order chi connectivity index (χ0) is 27.5. The molecule has 6 aromatic rings. The first-order valence-corrected chi connectivity index (χ1v) is 14.2. The SMILES string of the molecule is NC1CCc2c(ccc3c2cc(Oc2ccccc2Cl)c2ccccc23)C1.OCCc1ccc2ccccc2c1. The first-order valence-electron chi connectivity index (χ1n) is 13.8. The number of rotatable bonds is 4. The number of aliphatic hydroxyl groups excluding tert-OH is 1. The predicted octanol–water partition coefficient (Wildman–Crippen LogP) is 8.63. The maximum Gasteiger partial charge on any atom is 0.146 e. The normalized spacial score (nSPS) is 14.5. The Bertz CT molecular complexity index is 1810. The third-order valence-electron chi connectivity index (χ3n) is 7.73. The highest BCUT2D eigenvalue weighted by Crippen LogP contribution is 2.40. The molecule has 0 aliphatic heterocycles. The second-order valence-corrected chi connectivity index (χ2v) is 10.8. The minimum absolute atomic E-state index is 0.221. The molecule has 3 nitrogen and oxygen atoms in total. The number of hydrogen-bond acceptors (Lipinski definition) is 3. The van der Waals surface area contributed by atoms with Gasteiger partial charge in [0, 0.05) is 18.0 Å². The van der Waals surface area contributed by atoms with Crippen LogP contribution in [0.5, 0.6) is 11.5 Å². The van der Waals surface area contributed by atoms with Gasteiger partial charge in [0.25, 0.3) is 0 Å². The standard InChI is InChI=1S/C24H20ClNO.C12H12O/c25-22-7-3-4-8-23(22)27-24-14-21-17-12-10-16(26)13-15(17)9-11-19(21)18-5-1-2-6-20(18)24;13-8-7-10-5-6-11-3-1-2-4-12(11)9-10/h1-9,11,14,16H,10,12-13,26H2;1-6,9,13H,7-8H2. The van der Waals surface area contributed by atoms with Gasteiger partial charge in [-0.25, -0.2) is 0 Å².